The number of nitrogens with one attached hydrogen (secondary N) is 1. The Morgan fingerprint density at radius 1 is 1.35 bits per heavy atom. The quantitative estimate of drug-likeness (QED) is 0.700. The van der Waals surface area contributed by atoms with Gasteiger partial charge in [0.2, 0.25) is 0 Å². The number of unbranched alkanes of at least 4 members (excludes halogenated alkanes) is 1. The SMILES string of the molecule is CC(C)N(C)CCCCNCc1cccn1C. The molecule has 0 amide bonds. The Balaban J connectivity index is 2.00. The second-order valence-corrected chi connectivity index (χ2v) is 5.07. The summed E-state index contributed by atoms with van der Waals surface area (Å²) in [5.74, 6) is 0. The predicted octanol–water partition coefficient (Wildman–Crippen LogP) is 2.24. The highest BCUT2D eigenvalue weighted by Gasteiger charge is 2.01. The van der Waals surface area contributed by atoms with Crippen LogP contribution in [0.2, 0.25) is 0 Å². The number of rotatable bonds is 8. The lowest BCUT2D eigenvalue weighted by molar-refractivity contribution is 0.268. The summed E-state index contributed by atoms with van der Waals surface area (Å²) in [6.45, 7) is 7.77. The van der Waals surface area contributed by atoms with Crippen LogP contribution < -0.4 is 5.32 Å². The molecule has 1 aromatic rings. The van der Waals surface area contributed by atoms with Gasteiger partial charge in [0, 0.05) is 31.5 Å². The fraction of sp³-hybridized carbons (Fsp3) is 0.714. The van der Waals surface area contributed by atoms with E-state index in [1.807, 2.05) is 0 Å². The number of aromatic nitrogens is 1. The maximum atomic E-state index is 3.49. The molecular weight excluding hydrogens is 210 g/mol. The first kappa shape index (κ1) is 14.3. The van der Waals surface area contributed by atoms with E-state index in [2.05, 4.69) is 61.1 Å². The molecule has 1 N–H and O–H groups in total. The van der Waals surface area contributed by atoms with E-state index < -0.39 is 0 Å². The smallest absolute Gasteiger partial charge is 0.0359 e. The van der Waals surface area contributed by atoms with Crippen LogP contribution in [0.25, 0.3) is 0 Å². The Morgan fingerprint density at radius 2 is 2.12 bits per heavy atom. The van der Waals surface area contributed by atoms with Crippen molar-refractivity contribution in [1.82, 2.24) is 14.8 Å². The van der Waals surface area contributed by atoms with Gasteiger partial charge < -0.3 is 14.8 Å². The average molecular weight is 237 g/mol. The molecule has 1 rings (SSSR count). The minimum atomic E-state index is 0.659. The summed E-state index contributed by atoms with van der Waals surface area (Å²) in [5.41, 5.74) is 1.35. The van der Waals surface area contributed by atoms with Crippen molar-refractivity contribution in [3.63, 3.8) is 0 Å². The molecule has 0 spiro atoms. The molecule has 0 unspecified atom stereocenters. The molecule has 0 bridgehead atoms. The highest BCUT2D eigenvalue weighted by molar-refractivity contribution is 5.05. The van der Waals surface area contributed by atoms with E-state index in [0.29, 0.717) is 6.04 Å². The summed E-state index contributed by atoms with van der Waals surface area (Å²) in [7, 11) is 4.29. The standard InChI is InChI=1S/C14H27N3/c1-13(2)16(3)10-6-5-9-15-12-14-8-7-11-17(14)4/h7-8,11,13,15H,5-6,9-10,12H2,1-4H3. The highest BCUT2D eigenvalue weighted by Crippen LogP contribution is 2.00. The van der Waals surface area contributed by atoms with Crippen molar-refractivity contribution in [2.45, 2.75) is 39.3 Å². The fourth-order valence-corrected chi connectivity index (χ4v) is 1.77. The van der Waals surface area contributed by atoms with Crippen molar-refractivity contribution in [1.29, 1.82) is 0 Å². The predicted molar refractivity (Wildman–Crippen MR) is 74.1 cm³/mol. The summed E-state index contributed by atoms with van der Waals surface area (Å²) in [6.07, 6.45) is 4.62. The molecule has 1 heterocycles. The van der Waals surface area contributed by atoms with E-state index in [-0.39, 0.29) is 0 Å². The Morgan fingerprint density at radius 3 is 2.71 bits per heavy atom. The Bertz CT molecular complexity index is 304. The molecule has 17 heavy (non-hydrogen) atoms. The van der Waals surface area contributed by atoms with Crippen molar-refractivity contribution < 1.29 is 0 Å². The molecule has 98 valence electrons. The van der Waals surface area contributed by atoms with Crippen molar-refractivity contribution in [3.05, 3.63) is 24.0 Å². The molecule has 1 aromatic heterocycles. The van der Waals surface area contributed by atoms with Crippen LogP contribution in [0.15, 0.2) is 18.3 Å². The largest absolute Gasteiger partial charge is 0.353 e. The third kappa shape index (κ3) is 5.37. The van der Waals surface area contributed by atoms with E-state index in [9.17, 15) is 0 Å². The van der Waals surface area contributed by atoms with Crippen LogP contribution in [0.4, 0.5) is 0 Å². The van der Waals surface area contributed by atoms with Gasteiger partial charge in [0.05, 0.1) is 0 Å². The molecule has 0 aliphatic rings. The van der Waals surface area contributed by atoms with Crippen molar-refractivity contribution in [2.24, 2.45) is 7.05 Å². The monoisotopic (exact) mass is 237 g/mol. The molecule has 0 saturated heterocycles. The van der Waals surface area contributed by atoms with Crippen LogP contribution in [-0.4, -0.2) is 35.6 Å². The lowest BCUT2D eigenvalue weighted by atomic mass is 10.2. The van der Waals surface area contributed by atoms with Gasteiger partial charge in [-0.1, -0.05) is 0 Å². The first-order chi connectivity index (χ1) is 8.11. The molecule has 0 atom stereocenters. The van der Waals surface area contributed by atoms with Crippen LogP contribution in [0.1, 0.15) is 32.4 Å². The lowest BCUT2D eigenvalue weighted by Crippen LogP contribution is -2.27. The fourth-order valence-electron chi connectivity index (χ4n) is 1.77. The molecule has 0 fully saturated rings. The average Bonchev–Trinajstić information content (AvgIpc) is 2.68. The molecular formula is C14H27N3. The molecule has 0 aliphatic carbocycles. The molecule has 0 saturated carbocycles. The van der Waals surface area contributed by atoms with E-state index >= 15 is 0 Å². The van der Waals surface area contributed by atoms with Crippen LogP contribution in [0.3, 0.4) is 0 Å². The third-order valence-electron chi connectivity index (χ3n) is 3.35. The normalized spacial score (nSPS) is 11.6. The van der Waals surface area contributed by atoms with Crippen molar-refractivity contribution in [2.75, 3.05) is 20.1 Å². The van der Waals surface area contributed by atoms with Gasteiger partial charge in [-0.15, -0.1) is 0 Å². The summed E-state index contributed by atoms with van der Waals surface area (Å²) >= 11 is 0. The number of nitrogens with zero attached hydrogens (tertiary/aromatic N) is 2. The number of hydrogen-bond acceptors (Lipinski definition) is 2. The van der Waals surface area contributed by atoms with Crippen molar-refractivity contribution in [3.8, 4) is 0 Å². The zero-order valence-corrected chi connectivity index (χ0v) is 11.7. The first-order valence-corrected chi connectivity index (χ1v) is 6.62. The van der Waals surface area contributed by atoms with Crippen LogP contribution >= 0.6 is 0 Å². The summed E-state index contributed by atoms with van der Waals surface area (Å²) < 4.78 is 2.17. The Kier molecular flexibility index (Phi) is 6.30. The van der Waals surface area contributed by atoms with Gasteiger partial charge in [-0.3, -0.25) is 0 Å². The van der Waals surface area contributed by atoms with Gasteiger partial charge in [0.25, 0.3) is 0 Å². The van der Waals surface area contributed by atoms with E-state index in [1.54, 1.807) is 0 Å². The van der Waals surface area contributed by atoms with Gasteiger partial charge in [0.15, 0.2) is 0 Å². The molecule has 3 nitrogen and oxygen atoms in total. The minimum Gasteiger partial charge on any atom is -0.353 e. The lowest BCUT2D eigenvalue weighted by Gasteiger charge is -2.20. The van der Waals surface area contributed by atoms with Crippen molar-refractivity contribution >= 4 is 0 Å². The van der Waals surface area contributed by atoms with E-state index in [1.165, 1.54) is 25.1 Å². The molecule has 0 aromatic carbocycles. The second kappa shape index (κ2) is 7.51. The van der Waals surface area contributed by atoms with Crippen LogP contribution in [0, 0.1) is 0 Å². The Labute approximate surface area is 106 Å². The van der Waals surface area contributed by atoms with Gasteiger partial charge in [-0.25, -0.2) is 0 Å². The maximum Gasteiger partial charge on any atom is 0.0359 e. The third-order valence-corrected chi connectivity index (χ3v) is 3.35. The summed E-state index contributed by atoms with van der Waals surface area (Å²) in [5, 5.41) is 3.49. The summed E-state index contributed by atoms with van der Waals surface area (Å²) in [6, 6.07) is 4.92. The van der Waals surface area contributed by atoms with Gasteiger partial charge in [0.1, 0.15) is 0 Å². The maximum absolute atomic E-state index is 3.49. The van der Waals surface area contributed by atoms with Gasteiger partial charge in [-0.05, 0) is 59.0 Å². The number of hydrogen-bond donors (Lipinski definition) is 1. The van der Waals surface area contributed by atoms with Gasteiger partial charge >= 0.3 is 0 Å². The van der Waals surface area contributed by atoms with E-state index in [0.717, 1.165) is 13.1 Å². The summed E-state index contributed by atoms with van der Waals surface area (Å²) in [4.78, 5) is 2.40. The Hall–Kier alpha value is -0.800. The second-order valence-electron chi connectivity index (χ2n) is 5.07. The van der Waals surface area contributed by atoms with E-state index in [4.69, 9.17) is 0 Å². The first-order valence-electron chi connectivity index (χ1n) is 6.62. The zero-order valence-electron chi connectivity index (χ0n) is 11.7. The van der Waals surface area contributed by atoms with Crippen LogP contribution in [0.5, 0.6) is 0 Å². The highest BCUT2D eigenvalue weighted by atomic mass is 15.1. The molecule has 0 aliphatic heterocycles. The molecule has 3 heteroatoms. The topological polar surface area (TPSA) is 20.2 Å². The number of aryl methyl sites for hydroxylation is 1. The zero-order chi connectivity index (χ0) is 12.7. The molecule has 0 radical (unpaired) electrons. The minimum absolute atomic E-state index is 0.659. The van der Waals surface area contributed by atoms with Crippen LogP contribution in [-0.2, 0) is 13.6 Å². The van der Waals surface area contributed by atoms with Gasteiger partial charge in [-0.2, -0.15) is 0 Å².